The van der Waals surface area contributed by atoms with E-state index in [4.69, 9.17) is 15.2 Å². The zero-order valence-corrected chi connectivity index (χ0v) is 11.4. The van der Waals surface area contributed by atoms with Gasteiger partial charge in [-0.3, -0.25) is 0 Å². The molecule has 0 amide bonds. The second kappa shape index (κ2) is 5.51. The van der Waals surface area contributed by atoms with Crippen LogP contribution in [0.1, 0.15) is 5.56 Å². The van der Waals surface area contributed by atoms with Crippen molar-refractivity contribution in [2.24, 2.45) is 0 Å². The molecule has 0 aliphatic heterocycles. The fraction of sp³-hybridized carbons (Fsp3) is 0.214. The summed E-state index contributed by atoms with van der Waals surface area (Å²) in [6.07, 6.45) is -4.48. The number of nitrogens with zero attached hydrogens (tertiary/aromatic N) is 1. The molecule has 2 aromatic rings. The summed E-state index contributed by atoms with van der Waals surface area (Å²) in [6, 6.07) is 6.46. The van der Waals surface area contributed by atoms with Crippen LogP contribution < -0.4 is 15.2 Å². The van der Waals surface area contributed by atoms with Crippen molar-refractivity contribution in [3.63, 3.8) is 0 Å². The van der Waals surface area contributed by atoms with Gasteiger partial charge in [-0.05, 0) is 30.3 Å². The Morgan fingerprint density at radius 1 is 1.00 bits per heavy atom. The molecule has 0 aliphatic carbocycles. The minimum atomic E-state index is -4.48. The van der Waals surface area contributed by atoms with E-state index >= 15 is 0 Å². The third-order valence-corrected chi connectivity index (χ3v) is 2.85. The average Bonchev–Trinajstić information content (AvgIpc) is 2.45. The van der Waals surface area contributed by atoms with E-state index < -0.39 is 11.7 Å². The highest BCUT2D eigenvalue weighted by Crippen LogP contribution is 2.35. The lowest BCUT2D eigenvalue weighted by atomic mass is 10.1. The number of alkyl halides is 3. The van der Waals surface area contributed by atoms with Crippen molar-refractivity contribution >= 4 is 5.82 Å². The first-order chi connectivity index (χ1) is 9.85. The predicted octanol–water partition coefficient (Wildman–Crippen LogP) is 3.37. The van der Waals surface area contributed by atoms with Crippen LogP contribution in [0.2, 0.25) is 0 Å². The first kappa shape index (κ1) is 15.0. The molecule has 0 saturated carbocycles. The van der Waals surface area contributed by atoms with Crippen LogP contribution in [0.5, 0.6) is 11.5 Å². The molecule has 112 valence electrons. The number of methoxy groups -OCH3 is 2. The minimum absolute atomic E-state index is 0.114. The molecule has 0 radical (unpaired) electrons. The normalized spacial score (nSPS) is 11.3. The summed E-state index contributed by atoms with van der Waals surface area (Å²) in [4.78, 5) is 3.93. The maximum absolute atomic E-state index is 12.8. The monoisotopic (exact) mass is 298 g/mol. The lowest BCUT2D eigenvalue weighted by Gasteiger charge is -2.12. The summed E-state index contributed by atoms with van der Waals surface area (Å²) in [5.41, 5.74) is 5.17. The molecular weight excluding hydrogens is 285 g/mol. The van der Waals surface area contributed by atoms with Gasteiger partial charge in [-0.2, -0.15) is 13.2 Å². The van der Waals surface area contributed by atoms with Crippen LogP contribution in [-0.2, 0) is 6.18 Å². The van der Waals surface area contributed by atoms with Crippen LogP contribution >= 0.6 is 0 Å². The molecule has 0 bridgehead atoms. The van der Waals surface area contributed by atoms with E-state index in [-0.39, 0.29) is 11.5 Å². The number of hydrogen-bond donors (Lipinski definition) is 1. The Kier molecular flexibility index (Phi) is 3.93. The quantitative estimate of drug-likeness (QED) is 0.944. The minimum Gasteiger partial charge on any atom is -0.493 e. The molecule has 7 heteroatoms. The summed E-state index contributed by atoms with van der Waals surface area (Å²) >= 11 is 0. The van der Waals surface area contributed by atoms with Gasteiger partial charge in [0, 0.05) is 5.56 Å². The molecule has 0 saturated heterocycles. The van der Waals surface area contributed by atoms with E-state index in [1.54, 1.807) is 18.2 Å². The summed E-state index contributed by atoms with van der Waals surface area (Å²) in [7, 11) is 2.91. The number of ether oxygens (including phenoxy) is 2. The van der Waals surface area contributed by atoms with Crippen molar-refractivity contribution in [2.45, 2.75) is 6.18 Å². The summed E-state index contributed by atoms with van der Waals surface area (Å²) < 4.78 is 48.6. The largest absolute Gasteiger partial charge is 0.493 e. The maximum atomic E-state index is 12.8. The molecular formula is C14H13F3N2O2. The molecule has 2 N–H and O–H groups in total. The molecule has 0 unspecified atom stereocenters. The van der Waals surface area contributed by atoms with Crippen LogP contribution in [0.4, 0.5) is 19.0 Å². The summed E-state index contributed by atoms with van der Waals surface area (Å²) in [6.45, 7) is 0. The molecule has 0 fully saturated rings. The third kappa shape index (κ3) is 3.18. The van der Waals surface area contributed by atoms with Gasteiger partial charge < -0.3 is 15.2 Å². The van der Waals surface area contributed by atoms with Crippen LogP contribution in [-0.4, -0.2) is 19.2 Å². The molecule has 21 heavy (non-hydrogen) atoms. The first-order valence-electron chi connectivity index (χ1n) is 5.92. The average molecular weight is 298 g/mol. The Labute approximate surface area is 119 Å². The van der Waals surface area contributed by atoms with Gasteiger partial charge in [0.25, 0.3) is 0 Å². The smallest absolute Gasteiger partial charge is 0.416 e. The van der Waals surface area contributed by atoms with Crippen molar-refractivity contribution in [2.75, 3.05) is 20.0 Å². The summed E-state index contributed by atoms with van der Waals surface area (Å²) in [5, 5.41) is 0. The highest BCUT2D eigenvalue weighted by molar-refractivity contribution is 5.66. The predicted molar refractivity (Wildman–Crippen MR) is 72.2 cm³/mol. The van der Waals surface area contributed by atoms with Crippen molar-refractivity contribution in [3.8, 4) is 22.8 Å². The Hall–Kier alpha value is -2.44. The second-order valence-electron chi connectivity index (χ2n) is 4.23. The van der Waals surface area contributed by atoms with Gasteiger partial charge in [0.05, 0.1) is 25.5 Å². The van der Waals surface area contributed by atoms with Gasteiger partial charge in [-0.25, -0.2) is 4.98 Å². The van der Waals surface area contributed by atoms with Gasteiger partial charge in [0.15, 0.2) is 11.5 Å². The topological polar surface area (TPSA) is 57.4 Å². The SMILES string of the molecule is COc1ccc(-c2cc(C(F)(F)F)cc(N)n2)cc1OC. The van der Waals surface area contributed by atoms with Gasteiger partial charge in [-0.15, -0.1) is 0 Å². The van der Waals surface area contributed by atoms with Crippen molar-refractivity contribution in [1.82, 2.24) is 4.98 Å². The Balaban J connectivity index is 2.54. The standard InChI is InChI=1S/C14H13F3N2O2/c1-20-11-4-3-8(5-12(11)21-2)10-6-9(14(15,16)17)7-13(18)19-10/h3-7H,1-2H3,(H2,18,19). The Morgan fingerprint density at radius 2 is 1.67 bits per heavy atom. The molecule has 0 spiro atoms. The van der Waals surface area contributed by atoms with Crippen LogP contribution in [0, 0.1) is 0 Å². The number of pyridine rings is 1. The van der Waals surface area contributed by atoms with E-state index in [9.17, 15) is 13.2 Å². The van der Waals surface area contributed by atoms with Crippen LogP contribution in [0.3, 0.4) is 0 Å². The van der Waals surface area contributed by atoms with Gasteiger partial charge in [-0.1, -0.05) is 0 Å². The van der Waals surface area contributed by atoms with Gasteiger partial charge in [0.2, 0.25) is 0 Å². The van der Waals surface area contributed by atoms with Crippen molar-refractivity contribution < 1.29 is 22.6 Å². The van der Waals surface area contributed by atoms with E-state index in [1.807, 2.05) is 0 Å². The Bertz CT molecular complexity index is 657. The molecule has 0 aliphatic rings. The Morgan fingerprint density at radius 3 is 2.24 bits per heavy atom. The number of rotatable bonds is 3. The first-order valence-corrected chi connectivity index (χ1v) is 5.92. The molecule has 1 aromatic heterocycles. The number of nitrogen functional groups attached to an aromatic ring is 1. The van der Waals surface area contributed by atoms with E-state index in [1.165, 1.54) is 14.2 Å². The lowest BCUT2D eigenvalue weighted by molar-refractivity contribution is -0.137. The number of nitrogens with two attached hydrogens (primary N) is 1. The molecule has 1 aromatic carbocycles. The van der Waals surface area contributed by atoms with E-state index in [0.717, 1.165) is 12.1 Å². The molecule has 1 heterocycles. The van der Waals surface area contributed by atoms with Gasteiger partial charge >= 0.3 is 6.18 Å². The number of hydrogen-bond acceptors (Lipinski definition) is 4. The molecule has 4 nitrogen and oxygen atoms in total. The zero-order chi connectivity index (χ0) is 15.6. The second-order valence-corrected chi connectivity index (χ2v) is 4.23. The number of halogens is 3. The van der Waals surface area contributed by atoms with Crippen LogP contribution in [0.15, 0.2) is 30.3 Å². The van der Waals surface area contributed by atoms with Crippen LogP contribution in [0.25, 0.3) is 11.3 Å². The summed E-state index contributed by atoms with van der Waals surface area (Å²) in [5.74, 6) is 0.670. The fourth-order valence-corrected chi connectivity index (χ4v) is 1.86. The molecule has 2 rings (SSSR count). The number of aromatic nitrogens is 1. The molecule has 0 atom stereocenters. The number of benzene rings is 1. The van der Waals surface area contributed by atoms with Gasteiger partial charge in [0.1, 0.15) is 5.82 Å². The van der Waals surface area contributed by atoms with Crippen molar-refractivity contribution in [3.05, 3.63) is 35.9 Å². The number of anilines is 1. The third-order valence-electron chi connectivity index (χ3n) is 2.85. The lowest BCUT2D eigenvalue weighted by Crippen LogP contribution is -2.07. The fourth-order valence-electron chi connectivity index (χ4n) is 1.86. The van der Waals surface area contributed by atoms with E-state index in [2.05, 4.69) is 4.98 Å². The van der Waals surface area contributed by atoms with Crippen molar-refractivity contribution in [1.29, 1.82) is 0 Å². The zero-order valence-electron chi connectivity index (χ0n) is 11.4. The van der Waals surface area contributed by atoms with E-state index in [0.29, 0.717) is 17.1 Å². The highest BCUT2D eigenvalue weighted by Gasteiger charge is 2.31. The maximum Gasteiger partial charge on any atom is 0.416 e. The highest BCUT2D eigenvalue weighted by atomic mass is 19.4.